The minimum Gasteiger partial charge on any atom is -0.481 e. The molecule has 0 aliphatic carbocycles. The number of urea groups is 2. The Hall–Kier alpha value is -9.90. The number of alkyl carbamates (subject to hydrolysis) is 3. The number of nitriles is 1. The van der Waals surface area contributed by atoms with Crippen LogP contribution in [0, 0.1) is 11.5 Å². The average molecular weight is 1910 g/mol. The van der Waals surface area contributed by atoms with Crippen molar-refractivity contribution in [3.05, 3.63) is 0 Å². The highest BCUT2D eigenvalue weighted by molar-refractivity contribution is 5.74. The van der Waals surface area contributed by atoms with Gasteiger partial charge in [0.1, 0.15) is 16.8 Å². The van der Waals surface area contributed by atoms with Gasteiger partial charge in [0.2, 0.25) is 12.8 Å². The molecule has 0 unspecified atom stereocenters. The molecule has 0 spiro atoms. The number of ether oxygens (including phenoxy) is 14. The van der Waals surface area contributed by atoms with Crippen molar-refractivity contribution in [3.8, 4) is 6.26 Å². The predicted molar refractivity (Wildman–Crippen MR) is 497 cm³/mol. The zero-order valence-corrected chi connectivity index (χ0v) is 82.4. The Labute approximate surface area is 791 Å². The van der Waals surface area contributed by atoms with Crippen LogP contribution in [-0.4, -0.2) is 249 Å². The van der Waals surface area contributed by atoms with E-state index in [-0.39, 0.29) is 75.5 Å². The molecule has 40 heteroatoms. The summed E-state index contributed by atoms with van der Waals surface area (Å²) in [5.41, 5.74) is -1.51. The lowest BCUT2D eigenvalue weighted by molar-refractivity contribution is -0.144. The summed E-state index contributed by atoms with van der Waals surface area (Å²) in [7, 11) is 0. The molecule has 0 heterocycles. The monoisotopic (exact) mass is 1910 g/mol. The number of aliphatic carboxylic acids is 1. The van der Waals surface area contributed by atoms with E-state index in [9.17, 15) is 67.1 Å². The van der Waals surface area contributed by atoms with Gasteiger partial charge in [-0.05, 0) is 282 Å². The standard InChI is InChI=1S/C35H64N2O11.C31H58N4O9.C13H26O5.C11H21NO4.C3H2N2O2/c1-34(2,3)47-31(40)36-23-15-11-13-21-29(38)43-25-17-7-9-19-27-45-33(42)46-28-20-10-8-18-26-44-30(39)22-14-12-16-24-37-32(41)48-35(4,5)6;1-3-32-29(38)34-21-13-9-11-19-27(36)41-23-15-5-7-17-25-43-31(40)44-26-18-8-6-16-24-42-28(37)20-12-10-14-22-35-30(39)33-4-2;14-9-5-1-3-7-11-17-13(16)18-12-8-4-2-6-10-15;1-11(2,3)16-10(15)12-8-6-4-5-7-9(13)14;4-1-7-3-5-2-6/h7-28H2,1-6H3,(H,36,40)(H,37,41);3-26H2,1-2H3,(H2,32,34,38)(H2,33,35,39);14-15H,1-12H2;4-8H2,1-3H3,(H,12,15)(H,13,14);3H2. The van der Waals surface area contributed by atoms with E-state index in [1.807, 2.05) is 55.4 Å². The number of aliphatic hydroxyl groups excluding tert-OH is 2. The quantitative estimate of drug-likeness (QED) is 0.00675. The number of hydrogen-bond donors (Lipinski definition) is 10. The van der Waals surface area contributed by atoms with Gasteiger partial charge in [-0.3, -0.25) is 24.0 Å². The molecule has 0 aromatic rings. The third kappa shape index (κ3) is 122. The Kier molecular flexibility index (Phi) is 97.1. The molecule has 0 saturated heterocycles. The van der Waals surface area contributed by atoms with Crippen LogP contribution in [0.2, 0.25) is 0 Å². The van der Waals surface area contributed by atoms with Crippen LogP contribution in [0.1, 0.15) is 359 Å². The zero-order chi connectivity index (χ0) is 100. The molecule has 0 saturated carbocycles. The van der Waals surface area contributed by atoms with Crippen molar-refractivity contribution in [1.29, 1.82) is 5.26 Å². The number of nitrogens with zero attached hydrogens (tertiary/aromatic N) is 2. The van der Waals surface area contributed by atoms with E-state index in [0.29, 0.717) is 156 Å². The van der Waals surface area contributed by atoms with E-state index in [1.165, 1.54) is 12.3 Å². The van der Waals surface area contributed by atoms with Gasteiger partial charge < -0.3 is 119 Å². The molecule has 0 rings (SSSR count). The summed E-state index contributed by atoms with van der Waals surface area (Å²) in [5.74, 6) is -1.59. The van der Waals surface area contributed by atoms with Crippen molar-refractivity contribution in [1.82, 2.24) is 37.2 Å². The topological polar surface area (TPSA) is 549 Å². The van der Waals surface area contributed by atoms with Gasteiger partial charge >= 0.3 is 78.7 Å². The largest absolute Gasteiger partial charge is 0.508 e. The lowest BCUT2D eigenvalue weighted by atomic mass is 10.2. The van der Waals surface area contributed by atoms with Gasteiger partial charge in [0, 0.05) is 91.1 Å². The zero-order valence-electron chi connectivity index (χ0n) is 82.4. The molecule has 0 atom stereocenters. The van der Waals surface area contributed by atoms with Gasteiger partial charge in [-0.1, -0.05) is 44.9 Å². The lowest BCUT2D eigenvalue weighted by Crippen LogP contribution is -2.35. The van der Waals surface area contributed by atoms with Crippen molar-refractivity contribution >= 4 is 84.7 Å². The Morgan fingerprint density at radius 1 is 0.286 bits per heavy atom. The van der Waals surface area contributed by atoms with Crippen molar-refractivity contribution in [2.75, 3.05) is 132 Å². The lowest BCUT2D eigenvalue weighted by Gasteiger charge is -2.19. The van der Waals surface area contributed by atoms with Crippen LogP contribution < -0.4 is 37.2 Å². The summed E-state index contributed by atoms with van der Waals surface area (Å²) < 4.78 is 70.4. The van der Waals surface area contributed by atoms with Crippen LogP contribution in [0.4, 0.5) is 38.4 Å². The summed E-state index contributed by atoms with van der Waals surface area (Å²) in [6.45, 7) is 27.6. The second-order valence-electron chi connectivity index (χ2n) is 33.6. The molecule has 0 radical (unpaired) electrons. The highest BCUT2D eigenvalue weighted by Crippen LogP contribution is 2.14. The first-order valence-electron chi connectivity index (χ1n) is 48.0. The van der Waals surface area contributed by atoms with Gasteiger partial charge in [-0.25, -0.2) is 43.2 Å². The second-order valence-corrected chi connectivity index (χ2v) is 33.6. The van der Waals surface area contributed by atoms with E-state index < -0.39 is 59.5 Å². The Morgan fingerprint density at radius 3 is 0.699 bits per heavy atom. The van der Waals surface area contributed by atoms with E-state index in [4.69, 9.17) is 82.2 Å². The number of isocyanates is 1. The maximum absolute atomic E-state index is 11.8. The number of carboxylic acid groups (broad SMARTS) is 1. The first kappa shape index (κ1) is 132. The van der Waals surface area contributed by atoms with Crippen LogP contribution in [0.15, 0.2) is 4.99 Å². The third-order valence-corrected chi connectivity index (χ3v) is 17.4. The van der Waals surface area contributed by atoms with Gasteiger partial charge in [0.15, 0.2) is 0 Å². The number of hydrogen-bond acceptors (Lipinski definition) is 32. The molecule has 0 aromatic heterocycles. The second kappa shape index (κ2) is 98.1. The molecule has 0 aromatic carbocycles. The highest BCUT2D eigenvalue weighted by atomic mass is 16.7. The van der Waals surface area contributed by atoms with E-state index >= 15 is 0 Å². The molecule has 40 nitrogen and oxygen atoms in total. The van der Waals surface area contributed by atoms with Gasteiger partial charge in [0.05, 0.1) is 66.1 Å². The van der Waals surface area contributed by atoms with Gasteiger partial charge in [-0.2, -0.15) is 10.3 Å². The normalized spacial score (nSPS) is 10.5. The molecule has 0 fully saturated rings. The van der Waals surface area contributed by atoms with Crippen molar-refractivity contribution in [3.63, 3.8) is 0 Å². The number of esters is 4. The van der Waals surface area contributed by atoms with Crippen molar-refractivity contribution in [2.24, 2.45) is 4.99 Å². The molecule has 774 valence electrons. The predicted octanol–water partition coefficient (Wildman–Crippen LogP) is 16.8. The summed E-state index contributed by atoms with van der Waals surface area (Å²) in [6.07, 6.45) is 32.5. The number of amides is 7. The molecule has 0 aliphatic heterocycles. The molecule has 0 aliphatic rings. The maximum Gasteiger partial charge on any atom is 0.508 e. The summed E-state index contributed by atoms with van der Waals surface area (Å²) in [6, 6.07) is -0.333. The van der Waals surface area contributed by atoms with Gasteiger partial charge in [0.25, 0.3) is 6.26 Å². The summed E-state index contributed by atoms with van der Waals surface area (Å²) in [4.78, 5) is 161. The first-order chi connectivity index (χ1) is 63.6. The molecular formula is C93H171N9O31. The minimum absolute atomic E-state index is 0.166. The van der Waals surface area contributed by atoms with E-state index in [2.05, 4.69) is 46.9 Å². The number of carbonyl (C=O) groups is 13. The number of carboxylic acids is 1. The number of rotatable bonds is 74. The Balaban J connectivity index is -0.000000580. The highest BCUT2D eigenvalue weighted by Gasteiger charge is 2.19. The molecule has 7 amide bonds. The van der Waals surface area contributed by atoms with Gasteiger partial charge in [-0.15, -0.1) is 0 Å². The van der Waals surface area contributed by atoms with Crippen LogP contribution in [-0.2, 0) is 95.1 Å². The summed E-state index contributed by atoms with van der Waals surface area (Å²) in [5, 5.41) is 52.0. The number of aliphatic hydroxyl groups is 2. The summed E-state index contributed by atoms with van der Waals surface area (Å²) >= 11 is 0. The minimum atomic E-state index is -0.778. The fraction of sp³-hybridized carbons (Fsp3) is 0.839. The van der Waals surface area contributed by atoms with Crippen LogP contribution in [0.3, 0.4) is 0 Å². The van der Waals surface area contributed by atoms with Crippen molar-refractivity contribution < 1.29 is 149 Å². The number of nitrogens with one attached hydrogen (secondary N) is 7. The molecule has 0 bridgehead atoms. The molecule has 133 heavy (non-hydrogen) atoms. The van der Waals surface area contributed by atoms with Crippen LogP contribution >= 0.6 is 0 Å². The molecular weight excluding hydrogens is 1740 g/mol. The SMILES string of the molecule is CC(C)(C)OC(=O)NCCCCCC(=O)O.CC(C)(C)OC(=O)NCCCCCC(=O)OCCCCCCOC(=O)OCCCCCCOC(=O)CCCCCNC(=O)OC(C)(C)C.CCNC(=O)NCCCCCC(=O)OCCCCCCOC(=O)OCCCCCCOC(=O)CCCCCNC(=O)NCC.N#COCN=C=O.O=C(OCCCCCCO)OCCCCCCO. The maximum atomic E-state index is 11.8. The average Bonchev–Trinajstić information content (AvgIpc) is 0.953. The number of unbranched alkanes of at least 4 members (excludes halogenated alkanes) is 28. The fourth-order valence-corrected chi connectivity index (χ4v) is 10.8. The fourth-order valence-electron chi connectivity index (χ4n) is 10.8. The first-order valence-corrected chi connectivity index (χ1v) is 48.0. The smallest absolute Gasteiger partial charge is 0.481 e. The van der Waals surface area contributed by atoms with Crippen LogP contribution in [0.5, 0.6) is 0 Å². The Bertz CT molecular complexity index is 2870. The number of aliphatic imine (C=N–C) groups is 1. The van der Waals surface area contributed by atoms with E-state index in [1.54, 1.807) is 20.8 Å². The third-order valence-electron chi connectivity index (χ3n) is 17.4. The number of carbonyl (C=O) groups excluding carboxylic acids is 13. The van der Waals surface area contributed by atoms with Crippen LogP contribution in [0.25, 0.3) is 0 Å². The van der Waals surface area contributed by atoms with E-state index in [0.717, 1.165) is 218 Å². The Morgan fingerprint density at radius 2 is 0.496 bits per heavy atom. The van der Waals surface area contributed by atoms with Crippen molar-refractivity contribution in [2.45, 2.75) is 375 Å². The molecule has 10 N–H and O–H groups in total.